The monoisotopic (exact) mass is 192 g/mol. The van der Waals surface area contributed by atoms with Crippen LogP contribution in [0.25, 0.3) is 11.5 Å². The maximum Gasteiger partial charge on any atom is 0.246 e. The average molecular weight is 192 g/mol. The number of hydrogen-bond acceptors (Lipinski definition) is 5. The lowest BCUT2D eigenvalue weighted by atomic mass is 10.4. The zero-order valence-corrected chi connectivity index (χ0v) is 7.33. The Balaban J connectivity index is 2.08. The van der Waals surface area contributed by atoms with Gasteiger partial charge in [-0.25, -0.2) is 15.0 Å². The fourth-order valence-corrected chi connectivity index (χ4v) is 1.45. The Morgan fingerprint density at radius 3 is 3.00 bits per heavy atom. The van der Waals surface area contributed by atoms with E-state index >= 15 is 0 Å². The van der Waals surface area contributed by atoms with Crippen LogP contribution in [0.1, 0.15) is 6.41 Å². The molecule has 6 heteroatoms. The summed E-state index contributed by atoms with van der Waals surface area (Å²) < 4.78 is 12.4. The molecule has 3 heterocycles. The van der Waals surface area contributed by atoms with Crippen LogP contribution < -0.4 is 0 Å². The summed E-state index contributed by atoms with van der Waals surface area (Å²) in [6.45, 7) is 1.20. The zero-order valence-electron chi connectivity index (χ0n) is 7.33. The zero-order chi connectivity index (χ0) is 9.38. The highest BCUT2D eigenvalue weighted by atomic mass is 16.7. The fourth-order valence-electron chi connectivity index (χ4n) is 1.45. The predicted molar refractivity (Wildman–Crippen MR) is 45.4 cm³/mol. The van der Waals surface area contributed by atoms with E-state index in [1.165, 1.54) is 6.33 Å². The summed E-state index contributed by atoms with van der Waals surface area (Å²) in [5.74, 6) is 0.729. The van der Waals surface area contributed by atoms with E-state index in [9.17, 15) is 0 Å². The van der Waals surface area contributed by atoms with Gasteiger partial charge in [0.05, 0.1) is 19.4 Å². The van der Waals surface area contributed by atoms with Crippen molar-refractivity contribution in [3.05, 3.63) is 18.9 Å². The third-order valence-corrected chi connectivity index (χ3v) is 2.07. The van der Waals surface area contributed by atoms with Gasteiger partial charge in [-0.15, -0.1) is 0 Å². The van der Waals surface area contributed by atoms with E-state index in [0.717, 1.165) is 11.5 Å². The standard InChI is InChI=1S/C8H8N4O2/c1-2-14-8(13-1)12-5-9-3-6-7(12)11-4-10-6/h3-5,8H,1-2H2. The minimum atomic E-state index is -0.414. The molecule has 72 valence electrons. The molecule has 14 heavy (non-hydrogen) atoms. The van der Waals surface area contributed by atoms with Crippen LogP contribution in [0.4, 0.5) is 0 Å². The smallest absolute Gasteiger partial charge is 0.246 e. The van der Waals surface area contributed by atoms with Crippen molar-refractivity contribution >= 4 is 0 Å². The Morgan fingerprint density at radius 1 is 1.29 bits per heavy atom. The van der Waals surface area contributed by atoms with E-state index in [1.54, 1.807) is 17.1 Å². The van der Waals surface area contributed by atoms with E-state index in [0.29, 0.717) is 13.2 Å². The number of aromatic nitrogens is 4. The van der Waals surface area contributed by atoms with Crippen molar-refractivity contribution in [2.75, 3.05) is 13.2 Å². The second-order valence-corrected chi connectivity index (χ2v) is 2.93. The van der Waals surface area contributed by atoms with Gasteiger partial charge in [0.15, 0.2) is 5.82 Å². The minimum absolute atomic E-state index is 0.414. The van der Waals surface area contributed by atoms with Crippen LogP contribution in [0.3, 0.4) is 0 Å². The van der Waals surface area contributed by atoms with Crippen LogP contribution in [0.15, 0.2) is 18.9 Å². The first-order valence-electron chi connectivity index (χ1n) is 4.31. The van der Waals surface area contributed by atoms with Crippen LogP contribution in [-0.4, -0.2) is 32.7 Å². The van der Waals surface area contributed by atoms with Gasteiger partial charge in [-0.05, 0) is 0 Å². The van der Waals surface area contributed by atoms with E-state index in [4.69, 9.17) is 9.47 Å². The Bertz CT molecular complexity index is 410. The van der Waals surface area contributed by atoms with Gasteiger partial charge >= 0.3 is 0 Å². The van der Waals surface area contributed by atoms with Crippen LogP contribution in [0, 0.1) is 0 Å². The second kappa shape index (κ2) is 3.00. The number of hydrogen-bond donors (Lipinski definition) is 0. The Kier molecular flexibility index (Phi) is 1.68. The molecule has 0 aliphatic carbocycles. The summed E-state index contributed by atoms with van der Waals surface area (Å²) in [4.78, 5) is 12.2. The van der Waals surface area contributed by atoms with Gasteiger partial charge in [-0.1, -0.05) is 0 Å². The van der Waals surface area contributed by atoms with Crippen molar-refractivity contribution < 1.29 is 9.47 Å². The first-order valence-corrected chi connectivity index (χ1v) is 4.31. The normalized spacial score (nSPS) is 18.0. The molecule has 3 rings (SSSR count). The van der Waals surface area contributed by atoms with Crippen molar-refractivity contribution in [3.63, 3.8) is 0 Å². The molecule has 3 aliphatic heterocycles. The molecule has 1 fully saturated rings. The van der Waals surface area contributed by atoms with Crippen LogP contribution >= 0.6 is 0 Å². The molecule has 0 radical (unpaired) electrons. The first kappa shape index (κ1) is 7.84. The number of nitrogens with zero attached hydrogens (tertiary/aromatic N) is 4. The maximum absolute atomic E-state index is 5.35. The van der Waals surface area contributed by atoms with Gasteiger partial charge in [0, 0.05) is 0 Å². The number of fused-ring (bicyclic) bond motifs is 1. The lowest BCUT2D eigenvalue weighted by molar-refractivity contribution is -0.101. The van der Waals surface area contributed by atoms with Crippen molar-refractivity contribution in [3.8, 4) is 11.5 Å². The van der Waals surface area contributed by atoms with Crippen molar-refractivity contribution in [2.24, 2.45) is 0 Å². The molecule has 0 aromatic rings. The maximum atomic E-state index is 5.35. The van der Waals surface area contributed by atoms with Gasteiger partial charge in [0.1, 0.15) is 18.3 Å². The molecular formula is C8H8N4O2. The summed E-state index contributed by atoms with van der Waals surface area (Å²) in [6.07, 6.45) is 4.38. The lowest BCUT2D eigenvalue weighted by Gasteiger charge is -2.14. The number of rotatable bonds is 1. The van der Waals surface area contributed by atoms with Crippen LogP contribution in [0.2, 0.25) is 0 Å². The highest BCUT2D eigenvalue weighted by molar-refractivity contribution is 5.48. The first-order chi connectivity index (χ1) is 6.95. The summed E-state index contributed by atoms with van der Waals surface area (Å²) in [5.41, 5.74) is 0.742. The predicted octanol–water partition coefficient (Wildman–Crippen LogP) is 0.281. The lowest BCUT2D eigenvalue weighted by Crippen LogP contribution is -2.13. The molecule has 0 N–H and O–H groups in total. The molecule has 0 atom stereocenters. The van der Waals surface area contributed by atoms with Crippen molar-refractivity contribution in [1.29, 1.82) is 0 Å². The Hall–Kier alpha value is -1.53. The summed E-state index contributed by atoms with van der Waals surface area (Å²) in [6, 6.07) is 0. The molecule has 1 saturated heterocycles. The quantitative estimate of drug-likeness (QED) is 0.649. The Morgan fingerprint density at radius 2 is 2.14 bits per heavy atom. The van der Waals surface area contributed by atoms with Gasteiger partial charge in [0.25, 0.3) is 0 Å². The van der Waals surface area contributed by atoms with Crippen LogP contribution in [-0.2, 0) is 9.47 Å². The van der Waals surface area contributed by atoms with Gasteiger partial charge < -0.3 is 9.47 Å². The highest BCUT2D eigenvalue weighted by Crippen LogP contribution is 2.23. The summed E-state index contributed by atoms with van der Waals surface area (Å²) in [5, 5.41) is 0. The highest BCUT2D eigenvalue weighted by Gasteiger charge is 2.22. The van der Waals surface area contributed by atoms with E-state index in [-0.39, 0.29) is 0 Å². The molecule has 0 saturated carbocycles. The third-order valence-electron chi connectivity index (χ3n) is 2.07. The molecular weight excluding hydrogens is 184 g/mol. The summed E-state index contributed by atoms with van der Waals surface area (Å²) >= 11 is 0. The van der Waals surface area contributed by atoms with Crippen molar-refractivity contribution in [2.45, 2.75) is 6.41 Å². The van der Waals surface area contributed by atoms with E-state index < -0.39 is 6.41 Å². The topological polar surface area (TPSA) is 62.1 Å². The van der Waals surface area contributed by atoms with Gasteiger partial charge in [-0.2, -0.15) is 0 Å². The third kappa shape index (κ3) is 1.08. The summed E-state index contributed by atoms with van der Waals surface area (Å²) in [7, 11) is 0. The number of imidazole rings is 1. The fraction of sp³-hybridized carbons (Fsp3) is 0.375. The molecule has 0 spiro atoms. The van der Waals surface area contributed by atoms with Gasteiger partial charge in [-0.3, -0.25) is 4.57 Å². The van der Waals surface area contributed by atoms with E-state index in [1.807, 2.05) is 0 Å². The molecule has 0 aromatic heterocycles. The second-order valence-electron chi connectivity index (χ2n) is 2.93. The van der Waals surface area contributed by atoms with Gasteiger partial charge in [0.2, 0.25) is 6.41 Å². The molecule has 6 nitrogen and oxygen atoms in total. The molecule has 0 amide bonds. The average Bonchev–Trinajstić information content (AvgIpc) is 2.88. The molecule has 0 aromatic carbocycles. The minimum Gasteiger partial charge on any atom is -0.332 e. The van der Waals surface area contributed by atoms with Crippen LogP contribution in [0.5, 0.6) is 0 Å². The molecule has 3 aliphatic rings. The van der Waals surface area contributed by atoms with E-state index in [2.05, 4.69) is 15.0 Å². The Labute approximate surface area is 79.9 Å². The molecule has 0 bridgehead atoms. The molecule has 0 unspecified atom stereocenters. The van der Waals surface area contributed by atoms with Crippen molar-refractivity contribution in [1.82, 2.24) is 19.5 Å². The SMILES string of the molecule is c1nc2cncn(C3OCCO3)c-2n1. The largest absolute Gasteiger partial charge is 0.332 e. The number of ether oxygens (including phenoxy) is 2.